The van der Waals surface area contributed by atoms with E-state index >= 15 is 0 Å². The van der Waals surface area contributed by atoms with E-state index in [1.165, 1.54) is 18.2 Å². The first kappa shape index (κ1) is 26.7. The number of hydrogen-bond acceptors (Lipinski definition) is 6. The molecule has 10 heteroatoms. The zero-order chi connectivity index (χ0) is 27.4. The number of carbonyl (C=O) groups excluding carboxylic acids is 3. The van der Waals surface area contributed by atoms with Gasteiger partial charge < -0.3 is 9.47 Å². The third kappa shape index (κ3) is 5.49. The molecule has 1 aliphatic rings. The summed E-state index contributed by atoms with van der Waals surface area (Å²) in [6, 6.07) is 16.0. The van der Waals surface area contributed by atoms with Crippen LogP contribution >= 0.6 is 23.2 Å². The van der Waals surface area contributed by atoms with Gasteiger partial charge in [0.15, 0.2) is 11.5 Å². The Hall–Kier alpha value is -4.32. The first-order valence-corrected chi connectivity index (χ1v) is 12.2. The summed E-state index contributed by atoms with van der Waals surface area (Å²) in [6.45, 7) is 3.93. The summed E-state index contributed by atoms with van der Waals surface area (Å²) in [5.74, 6) is -1.14. The molecule has 4 amide bonds. The molecule has 0 spiro atoms. The molecule has 0 unspecified atom stereocenters. The first-order chi connectivity index (χ1) is 18.2. The Morgan fingerprint density at radius 3 is 2.50 bits per heavy atom. The fourth-order valence-corrected chi connectivity index (χ4v) is 4.21. The van der Waals surface area contributed by atoms with Gasteiger partial charge in [0.25, 0.3) is 11.8 Å². The van der Waals surface area contributed by atoms with Gasteiger partial charge in [0.05, 0.1) is 28.9 Å². The topological polar surface area (TPSA) is 109 Å². The number of nitrogens with zero attached hydrogens (tertiary/aromatic N) is 2. The van der Waals surface area contributed by atoms with Crippen molar-refractivity contribution in [2.45, 2.75) is 20.5 Å². The van der Waals surface area contributed by atoms with Crippen molar-refractivity contribution in [2.75, 3.05) is 11.5 Å². The number of carbonyl (C=O) groups is 3. The molecule has 1 N–H and O–H groups in total. The summed E-state index contributed by atoms with van der Waals surface area (Å²) >= 11 is 12.7. The highest BCUT2D eigenvalue weighted by molar-refractivity contribution is 6.39. The van der Waals surface area contributed by atoms with Gasteiger partial charge in [-0.3, -0.25) is 14.9 Å². The monoisotopic (exact) mass is 549 g/mol. The van der Waals surface area contributed by atoms with Gasteiger partial charge in [-0.15, -0.1) is 0 Å². The quantitative estimate of drug-likeness (QED) is 0.294. The number of nitrogens with one attached hydrogen (secondary N) is 1. The van der Waals surface area contributed by atoms with Crippen LogP contribution in [0.4, 0.5) is 10.5 Å². The summed E-state index contributed by atoms with van der Waals surface area (Å²) in [7, 11) is 0. The van der Waals surface area contributed by atoms with Crippen molar-refractivity contribution in [3.8, 4) is 17.6 Å². The van der Waals surface area contributed by atoms with Crippen LogP contribution < -0.4 is 19.7 Å². The van der Waals surface area contributed by atoms with Crippen LogP contribution in [0.25, 0.3) is 6.08 Å². The fraction of sp³-hybridized carbons (Fsp3) is 0.143. The highest BCUT2D eigenvalue weighted by Gasteiger charge is 2.37. The molecule has 0 aromatic heterocycles. The van der Waals surface area contributed by atoms with Gasteiger partial charge in [-0.05, 0) is 61.4 Å². The number of halogens is 2. The molecule has 1 heterocycles. The van der Waals surface area contributed by atoms with Crippen molar-refractivity contribution >= 4 is 52.8 Å². The zero-order valence-corrected chi connectivity index (χ0v) is 21.9. The second-order valence-electron chi connectivity index (χ2n) is 8.21. The number of anilines is 1. The zero-order valence-electron chi connectivity index (χ0n) is 20.4. The van der Waals surface area contributed by atoms with Crippen LogP contribution in [0, 0.1) is 18.3 Å². The van der Waals surface area contributed by atoms with Crippen molar-refractivity contribution < 1.29 is 23.9 Å². The predicted octanol–water partition coefficient (Wildman–Crippen LogP) is 5.82. The average Bonchev–Trinajstić information content (AvgIpc) is 2.88. The number of amides is 4. The molecule has 0 saturated carbocycles. The molecule has 192 valence electrons. The molecule has 1 aliphatic heterocycles. The number of benzene rings is 3. The molecule has 4 rings (SSSR count). The molecule has 3 aromatic rings. The Balaban J connectivity index is 1.68. The van der Waals surface area contributed by atoms with Gasteiger partial charge >= 0.3 is 6.03 Å². The largest absolute Gasteiger partial charge is 0.490 e. The number of aryl methyl sites for hydroxylation is 1. The lowest BCUT2D eigenvalue weighted by molar-refractivity contribution is -0.122. The number of nitriles is 1. The Morgan fingerprint density at radius 2 is 1.79 bits per heavy atom. The van der Waals surface area contributed by atoms with Crippen LogP contribution in [0.1, 0.15) is 29.2 Å². The lowest BCUT2D eigenvalue weighted by atomic mass is 10.1. The standard InChI is InChI=1S/C28H21Cl2N3O5/c1-3-37-24-12-17(11-23(30)25(24)38-15-19-7-5-4-6-18(19)14-31)10-21-26(34)32-28(36)33(27(21)35)20-9-8-16(2)22(29)13-20/h4-13H,3,15H2,1-2H3,(H,32,34,36)/b21-10-. The number of hydrogen-bond donors (Lipinski definition) is 1. The summed E-state index contributed by atoms with van der Waals surface area (Å²) in [6.07, 6.45) is 1.32. The summed E-state index contributed by atoms with van der Waals surface area (Å²) in [4.78, 5) is 39.2. The van der Waals surface area contributed by atoms with Gasteiger partial charge in [-0.1, -0.05) is 47.5 Å². The minimum atomic E-state index is -0.883. The molecule has 0 bridgehead atoms. The maximum absolute atomic E-state index is 13.2. The second-order valence-corrected chi connectivity index (χ2v) is 9.03. The summed E-state index contributed by atoms with van der Waals surface area (Å²) in [5, 5.41) is 12.0. The van der Waals surface area contributed by atoms with Crippen LogP contribution in [0.5, 0.6) is 11.5 Å². The minimum absolute atomic E-state index is 0.0705. The molecule has 0 radical (unpaired) electrons. The smallest absolute Gasteiger partial charge is 0.335 e. The van der Waals surface area contributed by atoms with Crippen molar-refractivity contribution in [1.29, 1.82) is 5.26 Å². The molecule has 0 aliphatic carbocycles. The van der Waals surface area contributed by atoms with Crippen LogP contribution in [-0.2, 0) is 16.2 Å². The van der Waals surface area contributed by atoms with E-state index in [1.807, 2.05) is 0 Å². The van der Waals surface area contributed by atoms with E-state index in [-0.39, 0.29) is 41.0 Å². The second kappa shape index (κ2) is 11.4. The molecule has 0 atom stereocenters. The highest BCUT2D eigenvalue weighted by Crippen LogP contribution is 2.38. The van der Waals surface area contributed by atoms with E-state index in [4.69, 9.17) is 32.7 Å². The molecule has 3 aromatic carbocycles. The van der Waals surface area contributed by atoms with E-state index in [9.17, 15) is 19.6 Å². The number of barbiturate groups is 1. The van der Waals surface area contributed by atoms with Gasteiger partial charge in [-0.2, -0.15) is 5.26 Å². The van der Waals surface area contributed by atoms with Gasteiger partial charge in [0.1, 0.15) is 12.2 Å². The Labute approximate surface area is 229 Å². The van der Waals surface area contributed by atoms with E-state index in [2.05, 4.69) is 11.4 Å². The minimum Gasteiger partial charge on any atom is -0.490 e. The van der Waals surface area contributed by atoms with Crippen molar-refractivity contribution in [3.63, 3.8) is 0 Å². The number of urea groups is 1. The normalized spacial score (nSPS) is 14.3. The van der Waals surface area contributed by atoms with E-state index in [0.717, 1.165) is 10.5 Å². The maximum atomic E-state index is 13.2. The van der Waals surface area contributed by atoms with E-state index in [0.29, 0.717) is 21.7 Å². The Morgan fingerprint density at radius 1 is 1.03 bits per heavy atom. The van der Waals surface area contributed by atoms with Crippen LogP contribution in [-0.4, -0.2) is 24.5 Å². The van der Waals surface area contributed by atoms with Crippen LogP contribution in [0.15, 0.2) is 60.2 Å². The third-order valence-corrected chi connectivity index (χ3v) is 6.36. The number of ether oxygens (including phenoxy) is 2. The maximum Gasteiger partial charge on any atom is 0.335 e. The average molecular weight is 550 g/mol. The Kier molecular flexibility index (Phi) is 8.01. The lowest BCUT2D eigenvalue weighted by Gasteiger charge is -2.26. The van der Waals surface area contributed by atoms with Crippen molar-refractivity contribution in [1.82, 2.24) is 5.32 Å². The highest BCUT2D eigenvalue weighted by atomic mass is 35.5. The third-order valence-electron chi connectivity index (χ3n) is 5.67. The first-order valence-electron chi connectivity index (χ1n) is 11.5. The van der Waals surface area contributed by atoms with E-state index in [1.54, 1.807) is 56.3 Å². The number of imide groups is 2. The van der Waals surface area contributed by atoms with Gasteiger partial charge in [-0.25, -0.2) is 9.69 Å². The molecule has 8 nitrogen and oxygen atoms in total. The Bertz CT molecular complexity index is 1530. The van der Waals surface area contributed by atoms with E-state index < -0.39 is 17.8 Å². The van der Waals surface area contributed by atoms with Crippen molar-refractivity contribution in [3.05, 3.63) is 92.5 Å². The van der Waals surface area contributed by atoms with Gasteiger partial charge in [0, 0.05) is 10.6 Å². The molecule has 1 fully saturated rings. The summed E-state index contributed by atoms with van der Waals surface area (Å²) < 4.78 is 11.6. The summed E-state index contributed by atoms with van der Waals surface area (Å²) in [5.41, 5.74) is 2.22. The lowest BCUT2D eigenvalue weighted by Crippen LogP contribution is -2.54. The predicted molar refractivity (Wildman–Crippen MR) is 143 cm³/mol. The molecule has 1 saturated heterocycles. The SMILES string of the molecule is CCOc1cc(/C=C2/C(=O)NC(=O)N(c3ccc(C)c(Cl)c3)C2=O)cc(Cl)c1OCc1ccccc1C#N. The molecular weight excluding hydrogens is 529 g/mol. The fourth-order valence-electron chi connectivity index (χ4n) is 3.76. The number of rotatable bonds is 7. The molecule has 38 heavy (non-hydrogen) atoms. The molecular formula is C28H21Cl2N3O5. The van der Waals surface area contributed by atoms with Crippen LogP contribution in [0.2, 0.25) is 10.0 Å². The van der Waals surface area contributed by atoms with Crippen LogP contribution in [0.3, 0.4) is 0 Å². The van der Waals surface area contributed by atoms with Crippen molar-refractivity contribution in [2.24, 2.45) is 0 Å². The van der Waals surface area contributed by atoms with Gasteiger partial charge in [0.2, 0.25) is 0 Å².